The molecule has 0 N–H and O–H groups in total. The van der Waals surface area contributed by atoms with Crippen LogP contribution >= 0.6 is 0 Å². The molecule has 0 aromatic rings. The van der Waals surface area contributed by atoms with Crippen LogP contribution < -0.4 is 29.6 Å². The molecule has 0 unspecified atom stereocenters. The Morgan fingerprint density at radius 1 is 0.773 bits per heavy atom. The Labute approximate surface area is 160 Å². The molecule has 0 fully saturated rings. The monoisotopic (exact) mass is 343 g/mol. The van der Waals surface area contributed by atoms with Gasteiger partial charge in [0.05, 0.1) is 10.1 Å². The van der Waals surface area contributed by atoms with E-state index in [-0.39, 0.29) is 35.3 Å². The predicted octanol–water partition coefficient (Wildman–Crippen LogP) is 0.778. The Kier molecular flexibility index (Phi) is 19.1. The summed E-state index contributed by atoms with van der Waals surface area (Å²) in [6, 6.07) is 0. The Bertz CT molecular complexity index is 323. The normalized spacial score (nSPS) is 11.6. The molecule has 0 heterocycles. The van der Waals surface area contributed by atoms with Crippen LogP contribution in [0.4, 0.5) is 0 Å². The number of nitrogens with zero attached hydrogens (tertiary/aromatic N) is 1. The van der Waals surface area contributed by atoms with E-state index in [4.69, 9.17) is 0 Å². The van der Waals surface area contributed by atoms with Crippen LogP contribution in [0.5, 0.6) is 0 Å². The average Bonchev–Trinajstić information content (AvgIpc) is 2.39. The SMILES string of the molecule is CCCCCCCCCCCCN(C)CCCS(=O)(=O)[O-].[Na+]. The van der Waals surface area contributed by atoms with Gasteiger partial charge in [-0.25, -0.2) is 8.42 Å². The van der Waals surface area contributed by atoms with Crippen LogP contribution in [0.3, 0.4) is 0 Å². The first-order valence-electron chi connectivity index (χ1n) is 8.58. The van der Waals surface area contributed by atoms with Crippen molar-refractivity contribution in [3.8, 4) is 0 Å². The van der Waals surface area contributed by atoms with Crippen molar-refractivity contribution in [3.05, 3.63) is 0 Å². The van der Waals surface area contributed by atoms with E-state index in [2.05, 4.69) is 11.8 Å². The largest absolute Gasteiger partial charge is 1.00 e. The molecular weight excluding hydrogens is 309 g/mol. The molecule has 0 rings (SSSR count). The molecule has 0 saturated heterocycles. The average molecular weight is 344 g/mol. The van der Waals surface area contributed by atoms with Gasteiger partial charge in [0.2, 0.25) is 0 Å². The first-order chi connectivity index (χ1) is 9.95. The van der Waals surface area contributed by atoms with E-state index < -0.39 is 10.1 Å². The minimum Gasteiger partial charge on any atom is -0.748 e. The van der Waals surface area contributed by atoms with Crippen molar-refractivity contribution in [2.24, 2.45) is 0 Å². The minimum absolute atomic E-state index is 0. The van der Waals surface area contributed by atoms with E-state index >= 15 is 0 Å². The standard InChI is InChI=1S/C16H35NO3S.Na/c1-3-4-5-6-7-8-9-10-11-12-14-17(2)15-13-16-21(18,19)20;/h3-16H2,1-2H3,(H,18,19,20);/q;+1/p-1. The second kappa shape index (κ2) is 16.7. The molecule has 128 valence electrons. The van der Waals surface area contributed by atoms with Crippen molar-refractivity contribution >= 4 is 10.1 Å². The summed E-state index contributed by atoms with van der Waals surface area (Å²) >= 11 is 0. The van der Waals surface area contributed by atoms with Crippen LogP contribution in [0, 0.1) is 0 Å². The third kappa shape index (κ3) is 20.9. The van der Waals surface area contributed by atoms with Gasteiger partial charge in [0.1, 0.15) is 0 Å². The van der Waals surface area contributed by atoms with Gasteiger partial charge in [0.25, 0.3) is 0 Å². The van der Waals surface area contributed by atoms with E-state index in [9.17, 15) is 13.0 Å². The van der Waals surface area contributed by atoms with Gasteiger partial charge in [-0.15, -0.1) is 0 Å². The topological polar surface area (TPSA) is 60.4 Å². The van der Waals surface area contributed by atoms with E-state index in [1.807, 2.05) is 7.05 Å². The Morgan fingerprint density at radius 2 is 1.18 bits per heavy atom. The Morgan fingerprint density at radius 3 is 1.64 bits per heavy atom. The predicted molar refractivity (Wildman–Crippen MR) is 88.5 cm³/mol. The maximum atomic E-state index is 10.5. The molecule has 0 bridgehead atoms. The molecule has 0 atom stereocenters. The van der Waals surface area contributed by atoms with Crippen LogP contribution in [0.1, 0.15) is 77.6 Å². The first kappa shape index (κ1) is 25.1. The minimum atomic E-state index is -4.04. The third-order valence-electron chi connectivity index (χ3n) is 3.83. The maximum Gasteiger partial charge on any atom is 1.00 e. The molecule has 6 heteroatoms. The van der Waals surface area contributed by atoms with Crippen molar-refractivity contribution in [2.75, 3.05) is 25.9 Å². The molecule has 0 aliphatic rings. The van der Waals surface area contributed by atoms with Crippen molar-refractivity contribution in [1.82, 2.24) is 4.90 Å². The zero-order chi connectivity index (χ0) is 16.0. The molecule has 0 radical (unpaired) electrons. The Balaban J connectivity index is 0. The second-order valence-electron chi connectivity index (χ2n) is 6.10. The van der Waals surface area contributed by atoms with E-state index in [0.717, 1.165) is 13.0 Å². The smallest absolute Gasteiger partial charge is 0.748 e. The van der Waals surface area contributed by atoms with Crippen molar-refractivity contribution < 1.29 is 42.5 Å². The molecule has 0 aromatic carbocycles. The fraction of sp³-hybridized carbons (Fsp3) is 1.00. The molecule has 0 aliphatic carbocycles. The van der Waals surface area contributed by atoms with Gasteiger partial charge in [0.15, 0.2) is 0 Å². The summed E-state index contributed by atoms with van der Waals surface area (Å²) in [5, 5.41) is 0. The summed E-state index contributed by atoms with van der Waals surface area (Å²) in [5.74, 6) is -0.241. The summed E-state index contributed by atoms with van der Waals surface area (Å²) in [7, 11) is -2.05. The molecule has 22 heavy (non-hydrogen) atoms. The molecule has 0 aliphatic heterocycles. The third-order valence-corrected chi connectivity index (χ3v) is 4.62. The van der Waals surface area contributed by atoms with Gasteiger partial charge in [-0.2, -0.15) is 0 Å². The van der Waals surface area contributed by atoms with Crippen LogP contribution in [-0.4, -0.2) is 43.8 Å². The fourth-order valence-electron chi connectivity index (χ4n) is 2.49. The molecular formula is C16H34NNaO3S. The summed E-state index contributed by atoms with van der Waals surface area (Å²) in [5.41, 5.74) is 0. The zero-order valence-corrected chi connectivity index (χ0v) is 17.8. The van der Waals surface area contributed by atoms with E-state index in [0.29, 0.717) is 13.0 Å². The number of unbranched alkanes of at least 4 members (excludes halogenated alkanes) is 9. The fourth-order valence-corrected chi connectivity index (χ4v) is 2.97. The van der Waals surface area contributed by atoms with Gasteiger partial charge < -0.3 is 9.45 Å². The van der Waals surface area contributed by atoms with Crippen LogP contribution in [0.2, 0.25) is 0 Å². The number of hydrogen-bond acceptors (Lipinski definition) is 4. The second-order valence-corrected chi connectivity index (χ2v) is 7.62. The molecule has 0 aromatic heterocycles. The Hall–Kier alpha value is 0.870. The first-order valence-corrected chi connectivity index (χ1v) is 10.2. The van der Waals surface area contributed by atoms with Gasteiger partial charge >= 0.3 is 29.6 Å². The summed E-state index contributed by atoms with van der Waals surface area (Å²) in [4.78, 5) is 2.12. The van der Waals surface area contributed by atoms with Gasteiger partial charge in [-0.1, -0.05) is 64.7 Å². The summed E-state index contributed by atoms with van der Waals surface area (Å²) < 4.78 is 31.4. The summed E-state index contributed by atoms with van der Waals surface area (Å²) in [6.45, 7) is 3.94. The van der Waals surface area contributed by atoms with E-state index in [1.165, 1.54) is 57.8 Å². The summed E-state index contributed by atoms with van der Waals surface area (Å²) in [6.07, 6.45) is 13.7. The van der Waals surface area contributed by atoms with Crippen molar-refractivity contribution in [3.63, 3.8) is 0 Å². The maximum absolute atomic E-state index is 10.5. The number of rotatable bonds is 15. The van der Waals surface area contributed by atoms with Gasteiger partial charge in [-0.3, -0.25) is 0 Å². The zero-order valence-electron chi connectivity index (χ0n) is 15.0. The molecule has 4 nitrogen and oxygen atoms in total. The van der Waals surface area contributed by atoms with Gasteiger partial charge in [-0.05, 0) is 33.0 Å². The van der Waals surface area contributed by atoms with Crippen molar-refractivity contribution in [2.45, 2.75) is 77.6 Å². The van der Waals surface area contributed by atoms with Crippen LogP contribution in [-0.2, 0) is 10.1 Å². The van der Waals surface area contributed by atoms with Crippen LogP contribution in [0.25, 0.3) is 0 Å². The van der Waals surface area contributed by atoms with Crippen LogP contribution in [0.15, 0.2) is 0 Å². The van der Waals surface area contributed by atoms with Gasteiger partial charge in [0, 0.05) is 5.75 Å². The molecule has 0 spiro atoms. The van der Waals surface area contributed by atoms with Crippen molar-refractivity contribution in [1.29, 1.82) is 0 Å². The molecule has 0 amide bonds. The molecule has 0 saturated carbocycles. The van der Waals surface area contributed by atoms with E-state index in [1.54, 1.807) is 0 Å². The quantitative estimate of drug-likeness (QED) is 0.250. The number of hydrogen-bond donors (Lipinski definition) is 0.